The summed E-state index contributed by atoms with van der Waals surface area (Å²) in [6.45, 7) is -0.955. The topological polar surface area (TPSA) is 187 Å². The van der Waals surface area contributed by atoms with Crippen LogP contribution in [0.2, 0.25) is 0 Å². The van der Waals surface area contributed by atoms with Gasteiger partial charge >= 0.3 is 0 Å². The molecule has 11 nitrogen and oxygen atoms in total. The number of anilines is 1. The van der Waals surface area contributed by atoms with Crippen LogP contribution in [0.25, 0.3) is 0 Å². The molecule has 0 amide bonds. The van der Waals surface area contributed by atoms with Crippen molar-refractivity contribution in [3.8, 4) is 5.75 Å². The van der Waals surface area contributed by atoms with Crippen LogP contribution in [0.15, 0.2) is 52.7 Å². The number of benzene rings is 2. The third-order valence-electron chi connectivity index (χ3n) is 4.37. The number of hydrogen-bond donors (Lipinski definition) is 6. The molecular formula is C20H24N3O8-. The van der Waals surface area contributed by atoms with Crippen molar-refractivity contribution >= 4 is 23.0 Å². The van der Waals surface area contributed by atoms with Crippen molar-refractivity contribution in [2.45, 2.75) is 24.4 Å². The smallest absolute Gasteiger partial charge is 0.144 e. The van der Waals surface area contributed by atoms with Gasteiger partial charge in [0.15, 0.2) is 0 Å². The zero-order chi connectivity index (χ0) is 23.0. The molecule has 0 aromatic heterocycles. The van der Waals surface area contributed by atoms with Crippen LogP contribution >= 0.6 is 0 Å². The molecule has 2 aromatic carbocycles. The van der Waals surface area contributed by atoms with Gasteiger partial charge in [-0.1, -0.05) is 12.1 Å². The maximum atomic E-state index is 10.9. The fourth-order valence-corrected chi connectivity index (χ4v) is 2.60. The van der Waals surface area contributed by atoms with Gasteiger partial charge in [-0.25, -0.2) is 0 Å². The van der Waals surface area contributed by atoms with Crippen LogP contribution in [0.3, 0.4) is 0 Å². The maximum absolute atomic E-state index is 10.9. The number of methoxy groups -OCH3 is 1. The Balaban J connectivity index is 2.06. The number of aromatic carboxylic acids is 1. The number of carbonyl (C=O) groups is 1. The summed E-state index contributed by atoms with van der Waals surface area (Å²) in [7, 11) is 1.41. The predicted molar refractivity (Wildman–Crippen MR) is 108 cm³/mol. The Kier molecular flexibility index (Phi) is 8.85. The third-order valence-corrected chi connectivity index (χ3v) is 4.37. The van der Waals surface area contributed by atoms with E-state index in [1.54, 1.807) is 24.3 Å². The number of aliphatic hydroxyl groups excluding tert-OH is 5. The lowest BCUT2D eigenvalue weighted by atomic mass is 10.0. The predicted octanol–water partition coefficient (Wildman–Crippen LogP) is -0.678. The minimum Gasteiger partial charge on any atom is -0.545 e. The van der Waals surface area contributed by atoms with E-state index in [2.05, 4.69) is 15.5 Å². The SMILES string of the molecule is COc1cc(N=Nc2cccc(C(=O)[O-])c2)ccc1NCC(O)C(O)C(O)C(O)CO. The highest BCUT2D eigenvalue weighted by molar-refractivity contribution is 5.86. The second-order valence-corrected chi connectivity index (χ2v) is 6.60. The van der Waals surface area contributed by atoms with Crippen molar-refractivity contribution in [1.82, 2.24) is 0 Å². The Morgan fingerprint density at radius 1 is 1.03 bits per heavy atom. The molecule has 6 N–H and O–H groups in total. The van der Waals surface area contributed by atoms with E-state index in [9.17, 15) is 30.3 Å². The average Bonchev–Trinajstić information content (AvgIpc) is 2.79. The molecule has 0 aliphatic rings. The molecule has 0 aliphatic heterocycles. The van der Waals surface area contributed by atoms with E-state index in [1.165, 1.54) is 25.3 Å². The van der Waals surface area contributed by atoms with Crippen LogP contribution in [0.1, 0.15) is 10.4 Å². The van der Waals surface area contributed by atoms with Crippen molar-refractivity contribution in [2.75, 3.05) is 25.6 Å². The number of nitrogens with one attached hydrogen (secondary N) is 1. The first-order chi connectivity index (χ1) is 14.8. The van der Waals surface area contributed by atoms with Gasteiger partial charge in [0.05, 0.1) is 42.9 Å². The van der Waals surface area contributed by atoms with E-state index in [4.69, 9.17) is 9.84 Å². The Hall–Kier alpha value is -3.09. The van der Waals surface area contributed by atoms with E-state index < -0.39 is 37.0 Å². The summed E-state index contributed by atoms with van der Waals surface area (Å²) in [4.78, 5) is 10.9. The van der Waals surface area contributed by atoms with Crippen LogP contribution in [0, 0.1) is 0 Å². The number of nitrogens with zero attached hydrogens (tertiary/aromatic N) is 2. The third kappa shape index (κ3) is 6.70. The Morgan fingerprint density at radius 2 is 1.68 bits per heavy atom. The van der Waals surface area contributed by atoms with Gasteiger partial charge in [0.2, 0.25) is 0 Å². The number of carboxylic acid groups (broad SMARTS) is 1. The summed E-state index contributed by atoms with van der Waals surface area (Å²) in [6.07, 6.45) is -6.44. The summed E-state index contributed by atoms with van der Waals surface area (Å²) in [5, 5.41) is 69.4. The standard InChI is InChI=1S/C20H25N3O8/c1-31-17-8-13(23-22-12-4-2-3-11(7-12)20(29)30)5-6-14(17)21-9-15(25)18(27)19(28)16(26)10-24/h2-8,15-16,18-19,21,24-28H,9-10H2,1H3,(H,29,30)/p-1. The molecule has 0 radical (unpaired) electrons. The van der Waals surface area contributed by atoms with E-state index in [1.807, 2.05) is 0 Å². The lowest BCUT2D eigenvalue weighted by molar-refractivity contribution is -0.255. The molecule has 0 fully saturated rings. The maximum Gasteiger partial charge on any atom is 0.144 e. The molecule has 2 aromatic rings. The van der Waals surface area contributed by atoms with E-state index in [-0.39, 0.29) is 12.1 Å². The first-order valence-corrected chi connectivity index (χ1v) is 9.25. The largest absolute Gasteiger partial charge is 0.545 e. The van der Waals surface area contributed by atoms with Gasteiger partial charge in [-0.3, -0.25) is 0 Å². The molecule has 0 bridgehead atoms. The highest BCUT2D eigenvalue weighted by atomic mass is 16.5. The monoisotopic (exact) mass is 434 g/mol. The number of rotatable bonds is 11. The van der Waals surface area contributed by atoms with Gasteiger partial charge in [-0.2, -0.15) is 10.2 Å². The van der Waals surface area contributed by atoms with Gasteiger partial charge in [0.25, 0.3) is 0 Å². The van der Waals surface area contributed by atoms with Crippen molar-refractivity contribution in [3.05, 3.63) is 48.0 Å². The molecule has 0 aliphatic carbocycles. The average molecular weight is 434 g/mol. The van der Waals surface area contributed by atoms with Gasteiger partial charge in [0.1, 0.15) is 24.1 Å². The molecule has 0 heterocycles. The quantitative estimate of drug-likeness (QED) is 0.249. The van der Waals surface area contributed by atoms with E-state index >= 15 is 0 Å². The van der Waals surface area contributed by atoms with Crippen molar-refractivity contribution in [2.24, 2.45) is 10.2 Å². The number of carbonyl (C=O) groups excluding carboxylic acids is 1. The summed E-state index contributed by atoms with van der Waals surface area (Å²) >= 11 is 0. The second kappa shape index (κ2) is 11.3. The number of hydrogen-bond acceptors (Lipinski definition) is 11. The van der Waals surface area contributed by atoms with Gasteiger partial charge < -0.3 is 45.5 Å². The molecule has 0 saturated carbocycles. The zero-order valence-corrected chi connectivity index (χ0v) is 16.6. The molecule has 168 valence electrons. The van der Waals surface area contributed by atoms with Crippen LogP contribution in [-0.2, 0) is 0 Å². The molecular weight excluding hydrogens is 410 g/mol. The molecule has 4 atom stereocenters. The lowest BCUT2D eigenvalue weighted by Crippen LogP contribution is -2.48. The molecule has 2 rings (SSSR count). The summed E-state index contributed by atoms with van der Waals surface area (Å²) in [6, 6.07) is 10.5. The van der Waals surface area contributed by atoms with Gasteiger partial charge in [-0.15, -0.1) is 0 Å². The minimum atomic E-state index is -1.72. The fraction of sp³-hybridized carbons (Fsp3) is 0.350. The second-order valence-electron chi connectivity index (χ2n) is 6.60. The number of azo groups is 1. The first kappa shape index (κ1) is 24.2. The van der Waals surface area contributed by atoms with Crippen LogP contribution in [0.5, 0.6) is 5.75 Å². The summed E-state index contributed by atoms with van der Waals surface area (Å²) < 4.78 is 5.27. The lowest BCUT2D eigenvalue weighted by Gasteiger charge is -2.26. The minimum absolute atomic E-state index is 0.0223. The molecule has 0 spiro atoms. The van der Waals surface area contributed by atoms with Gasteiger partial charge in [-0.05, 0) is 29.8 Å². The number of aliphatic hydroxyl groups is 5. The molecule has 4 unspecified atom stereocenters. The van der Waals surface area contributed by atoms with Gasteiger partial charge in [0, 0.05) is 12.6 Å². The van der Waals surface area contributed by atoms with Crippen molar-refractivity contribution < 1.29 is 40.2 Å². The number of ether oxygens (including phenoxy) is 1. The van der Waals surface area contributed by atoms with Crippen LogP contribution in [-0.4, -0.2) is 76.2 Å². The Morgan fingerprint density at radius 3 is 2.29 bits per heavy atom. The van der Waals surface area contributed by atoms with E-state index in [0.29, 0.717) is 22.8 Å². The normalized spacial score (nSPS) is 15.3. The molecule has 11 heteroatoms. The van der Waals surface area contributed by atoms with Crippen molar-refractivity contribution in [3.63, 3.8) is 0 Å². The molecule has 31 heavy (non-hydrogen) atoms. The van der Waals surface area contributed by atoms with Crippen LogP contribution in [0.4, 0.5) is 17.1 Å². The van der Waals surface area contributed by atoms with Crippen molar-refractivity contribution in [1.29, 1.82) is 0 Å². The zero-order valence-electron chi connectivity index (χ0n) is 16.6. The first-order valence-electron chi connectivity index (χ1n) is 9.25. The highest BCUT2D eigenvalue weighted by Gasteiger charge is 2.29. The van der Waals surface area contributed by atoms with E-state index in [0.717, 1.165) is 0 Å². The number of carboxylic acids is 1. The highest BCUT2D eigenvalue weighted by Crippen LogP contribution is 2.30. The fourth-order valence-electron chi connectivity index (χ4n) is 2.60. The van der Waals surface area contributed by atoms with Crippen LogP contribution < -0.4 is 15.2 Å². The Labute approximate surface area is 177 Å². The summed E-state index contributed by atoms with van der Waals surface area (Å²) in [5.74, 6) is -0.975. The Bertz CT molecular complexity index is 908. The molecule has 0 saturated heterocycles. The summed E-state index contributed by atoms with van der Waals surface area (Å²) in [5.41, 5.74) is 1.15.